The van der Waals surface area contributed by atoms with Crippen LogP contribution in [0.3, 0.4) is 0 Å². The first kappa shape index (κ1) is 20.6. The number of aryl methyl sites for hydroxylation is 2. The van der Waals surface area contributed by atoms with Gasteiger partial charge >= 0.3 is 0 Å². The average Bonchev–Trinajstić information content (AvgIpc) is 2.84. The number of anilines is 1. The molecule has 5 rings (SSSR count). The number of fused-ring (bicyclic) bond motifs is 1. The molecule has 0 atom stereocenters. The second kappa shape index (κ2) is 8.67. The number of nitrogens with one attached hydrogen (secondary N) is 1. The third-order valence-electron chi connectivity index (χ3n) is 5.70. The molecule has 33 heavy (non-hydrogen) atoms. The minimum atomic E-state index is 0.629. The average molecular weight is 434 g/mol. The third-order valence-corrected chi connectivity index (χ3v) is 5.70. The van der Waals surface area contributed by atoms with Gasteiger partial charge in [0.1, 0.15) is 5.82 Å². The Hall–Kier alpha value is -4.32. The molecule has 6 heteroatoms. The first-order valence-electron chi connectivity index (χ1n) is 10.8. The van der Waals surface area contributed by atoms with Crippen LogP contribution in [0.2, 0.25) is 0 Å². The van der Waals surface area contributed by atoms with Crippen LogP contribution in [0.15, 0.2) is 85.5 Å². The largest absolute Gasteiger partial charge is 0.619 e. The van der Waals surface area contributed by atoms with E-state index in [0.717, 1.165) is 55.0 Å². The summed E-state index contributed by atoms with van der Waals surface area (Å²) >= 11 is 0. The molecule has 0 bridgehead atoms. The number of rotatable bonds is 5. The van der Waals surface area contributed by atoms with Crippen molar-refractivity contribution in [3.05, 3.63) is 108 Å². The molecule has 1 N–H and O–H groups in total. The monoisotopic (exact) mass is 433 g/mol. The Morgan fingerprint density at radius 1 is 0.788 bits per heavy atom. The van der Waals surface area contributed by atoms with Crippen LogP contribution in [0.1, 0.15) is 17.0 Å². The topological polar surface area (TPSA) is 77.6 Å². The van der Waals surface area contributed by atoms with Gasteiger partial charge in [0.15, 0.2) is 11.9 Å². The van der Waals surface area contributed by atoms with Gasteiger partial charge in [-0.05, 0) is 53.3 Å². The minimum absolute atomic E-state index is 0.629. The van der Waals surface area contributed by atoms with E-state index < -0.39 is 0 Å². The number of benzene rings is 1. The Morgan fingerprint density at radius 3 is 2.30 bits per heavy atom. The summed E-state index contributed by atoms with van der Waals surface area (Å²) in [4.78, 5) is 13.6. The molecule has 5 aromatic rings. The molecule has 6 nitrogen and oxygen atoms in total. The van der Waals surface area contributed by atoms with Crippen LogP contribution >= 0.6 is 0 Å². The molecule has 1 aromatic carbocycles. The summed E-state index contributed by atoms with van der Waals surface area (Å²) < 4.78 is 0.870. The van der Waals surface area contributed by atoms with Crippen LogP contribution in [0.25, 0.3) is 33.2 Å². The van der Waals surface area contributed by atoms with Gasteiger partial charge in [0.05, 0.1) is 11.1 Å². The van der Waals surface area contributed by atoms with Crippen molar-refractivity contribution in [2.24, 2.45) is 0 Å². The van der Waals surface area contributed by atoms with E-state index in [-0.39, 0.29) is 0 Å². The number of aromatic nitrogens is 4. The number of hydrogen-bond donors (Lipinski definition) is 1. The van der Waals surface area contributed by atoms with E-state index in [2.05, 4.69) is 44.5 Å². The Morgan fingerprint density at radius 2 is 1.55 bits per heavy atom. The first-order chi connectivity index (χ1) is 16.1. The van der Waals surface area contributed by atoms with E-state index in [0.29, 0.717) is 12.2 Å². The van der Waals surface area contributed by atoms with E-state index in [1.54, 1.807) is 12.4 Å². The van der Waals surface area contributed by atoms with E-state index in [9.17, 15) is 5.21 Å². The number of pyridine rings is 4. The molecule has 0 amide bonds. The summed E-state index contributed by atoms with van der Waals surface area (Å²) in [5.74, 6) is 0.799. The lowest BCUT2D eigenvalue weighted by Crippen LogP contribution is -2.28. The van der Waals surface area contributed by atoms with Crippen LogP contribution in [-0.2, 0) is 6.54 Å². The Balaban J connectivity index is 1.42. The van der Waals surface area contributed by atoms with E-state index >= 15 is 0 Å². The maximum atomic E-state index is 11.6. The molecular weight excluding hydrogens is 410 g/mol. The molecule has 0 spiro atoms. The van der Waals surface area contributed by atoms with E-state index in [1.165, 1.54) is 0 Å². The summed E-state index contributed by atoms with van der Waals surface area (Å²) in [7, 11) is 0. The standard InChI is InChI=1S/C27H23N5O/c1-18-15-24(9-11-28-18)26-25-22(7-12-29-26)8-13-30-27(25)31-17-20-3-5-21(6-4-20)23-10-14-32(33)19(2)16-23/h3-16H,17H2,1-2H3,(H,30,31). The van der Waals surface area contributed by atoms with Crippen molar-refractivity contribution < 1.29 is 4.73 Å². The molecule has 4 aromatic heterocycles. The van der Waals surface area contributed by atoms with Crippen LogP contribution < -0.4 is 10.0 Å². The molecule has 0 fully saturated rings. The lowest BCUT2D eigenvalue weighted by Gasteiger charge is -2.13. The van der Waals surface area contributed by atoms with Crippen molar-refractivity contribution in [1.29, 1.82) is 0 Å². The molecule has 0 saturated carbocycles. The first-order valence-corrected chi connectivity index (χ1v) is 10.8. The summed E-state index contributed by atoms with van der Waals surface area (Å²) in [5.41, 5.74) is 6.76. The molecular formula is C27H23N5O. The quantitative estimate of drug-likeness (QED) is 0.304. The van der Waals surface area contributed by atoms with Gasteiger partial charge in [0.2, 0.25) is 0 Å². The summed E-state index contributed by atoms with van der Waals surface area (Å²) in [5, 5.41) is 17.2. The fraction of sp³-hybridized carbons (Fsp3) is 0.111. The van der Waals surface area contributed by atoms with Crippen molar-refractivity contribution in [3.63, 3.8) is 0 Å². The van der Waals surface area contributed by atoms with Crippen molar-refractivity contribution >= 4 is 16.6 Å². The fourth-order valence-corrected chi connectivity index (χ4v) is 3.95. The van der Waals surface area contributed by atoms with E-state index in [1.807, 2.05) is 62.6 Å². The Labute approximate surface area is 192 Å². The zero-order valence-electron chi connectivity index (χ0n) is 18.5. The van der Waals surface area contributed by atoms with Gasteiger partial charge in [0, 0.05) is 55.4 Å². The highest BCUT2D eigenvalue weighted by Gasteiger charge is 2.12. The van der Waals surface area contributed by atoms with Crippen LogP contribution in [-0.4, -0.2) is 15.0 Å². The SMILES string of the molecule is Cc1cc(-c2nccc3ccnc(NCc4ccc(-c5cc[n+]([O-])c(C)c5)cc4)c23)ccn1. The smallest absolute Gasteiger partial charge is 0.190 e. The Kier molecular flexibility index (Phi) is 5.40. The Bertz CT molecular complexity index is 1440. The zero-order valence-corrected chi connectivity index (χ0v) is 18.5. The highest BCUT2D eigenvalue weighted by atomic mass is 16.5. The van der Waals surface area contributed by atoms with Crippen molar-refractivity contribution in [2.75, 3.05) is 5.32 Å². The van der Waals surface area contributed by atoms with Gasteiger partial charge in [-0.2, -0.15) is 4.73 Å². The third kappa shape index (κ3) is 4.23. The van der Waals surface area contributed by atoms with Crippen molar-refractivity contribution in [1.82, 2.24) is 15.0 Å². The molecule has 0 aliphatic carbocycles. The normalized spacial score (nSPS) is 11.0. The fourth-order valence-electron chi connectivity index (χ4n) is 3.95. The second-order valence-electron chi connectivity index (χ2n) is 8.04. The lowest BCUT2D eigenvalue weighted by molar-refractivity contribution is -0.612. The predicted molar refractivity (Wildman–Crippen MR) is 130 cm³/mol. The molecule has 0 unspecified atom stereocenters. The van der Waals surface area contributed by atoms with Crippen LogP contribution in [0.5, 0.6) is 0 Å². The zero-order chi connectivity index (χ0) is 22.8. The van der Waals surface area contributed by atoms with E-state index in [4.69, 9.17) is 0 Å². The summed E-state index contributed by atoms with van der Waals surface area (Å²) in [6.45, 7) is 4.41. The summed E-state index contributed by atoms with van der Waals surface area (Å²) in [6, 6.07) is 20.1. The predicted octanol–water partition coefficient (Wildman–Crippen LogP) is 5.22. The van der Waals surface area contributed by atoms with Crippen molar-refractivity contribution in [2.45, 2.75) is 20.4 Å². The van der Waals surface area contributed by atoms with Crippen LogP contribution in [0.4, 0.5) is 5.82 Å². The highest BCUT2D eigenvalue weighted by Crippen LogP contribution is 2.31. The molecule has 0 saturated heterocycles. The van der Waals surface area contributed by atoms with Gasteiger partial charge in [0.25, 0.3) is 0 Å². The molecule has 4 heterocycles. The van der Waals surface area contributed by atoms with Gasteiger partial charge in [-0.15, -0.1) is 0 Å². The van der Waals surface area contributed by atoms with Crippen molar-refractivity contribution in [3.8, 4) is 22.4 Å². The lowest BCUT2D eigenvalue weighted by atomic mass is 10.0. The maximum Gasteiger partial charge on any atom is 0.190 e. The highest BCUT2D eigenvalue weighted by molar-refractivity contribution is 6.01. The number of hydrogen-bond acceptors (Lipinski definition) is 5. The maximum absolute atomic E-state index is 11.6. The molecule has 162 valence electrons. The van der Waals surface area contributed by atoms with Crippen LogP contribution in [0, 0.1) is 19.1 Å². The second-order valence-corrected chi connectivity index (χ2v) is 8.04. The molecule has 0 aliphatic rings. The van der Waals surface area contributed by atoms with Gasteiger partial charge in [-0.25, -0.2) is 4.98 Å². The number of nitrogens with zero attached hydrogens (tertiary/aromatic N) is 4. The van der Waals surface area contributed by atoms with Gasteiger partial charge in [-0.3, -0.25) is 9.97 Å². The summed E-state index contributed by atoms with van der Waals surface area (Å²) in [6.07, 6.45) is 6.99. The van der Waals surface area contributed by atoms with Gasteiger partial charge in [-0.1, -0.05) is 24.3 Å². The molecule has 0 aliphatic heterocycles. The van der Waals surface area contributed by atoms with Gasteiger partial charge < -0.3 is 10.5 Å². The molecule has 0 radical (unpaired) electrons. The minimum Gasteiger partial charge on any atom is -0.619 e.